The quantitative estimate of drug-likeness (QED) is 0.729. The van der Waals surface area contributed by atoms with Crippen molar-refractivity contribution in [3.05, 3.63) is 46.2 Å². The van der Waals surface area contributed by atoms with Crippen LogP contribution in [-0.2, 0) is 4.74 Å². The van der Waals surface area contributed by atoms with Crippen LogP contribution in [0, 0.1) is 6.92 Å². The Morgan fingerprint density at radius 3 is 2.92 bits per heavy atom. The number of carbonyl (C=O) groups is 1. The Balaban J connectivity index is 1.60. The van der Waals surface area contributed by atoms with Crippen LogP contribution in [0.15, 0.2) is 35.7 Å². The van der Waals surface area contributed by atoms with Gasteiger partial charge in [0.1, 0.15) is 13.1 Å². The molecule has 0 saturated carbocycles. The normalized spacial score (nSPS) is 15.4. The molecular weight excluding hydrogens is 366 g/mol. The van der Waals surface area contributed by atoms with Gasteiger partial charge in [-0.2, -0.15) is 0 Å². The third-order valence-electron chi connectivity index (χ3n) is 4.63. The van der Waals surface area contributed by atoms with Gasteiger partial charge in [0.05, 0.1) is 41.4 Å². The standard InChI is InChI=1S/C19H21N3O2S2/c1-14-4-5-15-17(13-14)26-19(20-15)22(18(23)16-3-2-12-25-16)7-6-21-8-10-24-11-9-21/h2-5,12-13H,6-11H2,1H3/p+1. The molecule has 1 saturated heterocycles. The monoisotopic (exact) mass is 388 g/mol. The lowest BCUT2D eigenvalue weighted by molar-refractivity contribution is -0.906. The first-order valence-electron chi connectivity index (χ1n) is 8.84. The maximum absolute atomic E-state index is 13.1. The molecule has 1 fully saturated rings. The number of quaternary nitrogens is 1. The van der Waals surface area contributed by atoms with Crippen molar-refractivity contribution in [2.24, 2.45) is 0 Å². The maximum atomic E-state index is 13.1. The topological polar surface area (TPSA) is 46.9 Å². The molecule has 1 aromatic carbocycles. The van der Waals surface area contributed by atoms with E-state index in [4.69, 9.17) is 9.72 Å². The molecule has 3 aromatic rings. The molecule has 0 spiro atoms. The number of aryl methyl sites for hydroxylation is 1. The first kappa shape index (κ1) is 17.6. The molecule has 26 heavy (non-hydrogen) atoms. The van der Waals surface area contributed by atoms with Crippen LogP contribution in [-0.4, -0.2) is 50.3 Å². The van der Waals surface area contributed by atoms with Gasteiger partial charge in [-0.15, -0.1) is 11.3 Å². The molecular formula is C19H22N3O2S2+. The Labute approximate surface area is 160 Å². The molecule has 1 aliphatic rings. The second kappa shape index (κ2) is 7.84. The molecule has 0 atom stereocenters. The SMILES string of the molecule is Cc1ccc2nc(N(CC[NH+]3CCOCC3)C(=O)c3cccs3)sc2c1. The molecule has 0 unspecified atom stereocenters. The number of ether oxygens (including phenoxy) is 1. The Hall–Kier alpha value is -1.80. The first-order valence-corrected chi connectivity index (χ1v) is 10.5. The number of thiazole rings is 1. The Bertz CT molecular complexity index is 885. The van der Waals surface area contributed by atoms with Gasteiger partial charge >= 0.3 is 0 Å². The number of thiophene rings is 1. The van der Waals surface area contributed by atoms with Crippen LogP contribution in [0.3, 0.4) is 0 Å². The minimum atomic E-state index is 0.0448. The second-order valence-corrected chi connectivity index (χ2v) is 8.47. The van der Waals surface area contributed by atoms with E-state index in [1.165, 1.54) is 21.8 Å². The molecule has 5 nitrogen and oxygen atoms in total. The summed E-state index contributed by atoms with van der Waals surface area (Å²) in [6, 6.07) is 10.0. The number of hydrogen-bond acceptors (Lipinski definition) is 5. The largest absolute Gasteiger partial charge is 0.370 e. The molecule has 136 valence electrons. The lowest BCUT2D eigenvalue weighted by Crippen LogP contribution is -3.14. The Kier molecular flexibility index (Phi) is 5.31. The van der Waals surface area contributed by atoms with Gasteiger partial charge in [-0.05, 0) is 36.1 Å². The van der Waals surface area contributed by atoms with Crippen LogP contribution in [0.1, 0.15) is 15.2 Å². The van der Waals surface area contributed by atoms with Crippen molar-refractivity contribution < 1.29 is 14.4 Å². The fraction of sp³-hybridized carbons (Fsp3) is 0.368. The molecule has 1 amide bonds. The Morgan fingerprint density at radius 2 is 2.15 bits per heavy atom. The molecule has 0 radical (unpaired) electrons. The van der Waals surface area contributed by atoms with Gasteiger partial charge in [-0.1, -0.05) is 23.5 Å². The molecule has 1 N–H and O–H groups in total. The predicted octanol–water partition coefficient (Wildman–Crippen LogP) is 2.23. The van der Waals surface area contributed by atoms with Gasteiger partial charge in [0, 0.05) is 0 Å². The van der Waals surface area contributed by atoms with E-state index in [-0.39, 0.29) is 5.91 Å². The zero-order valence-corrected chi connectivity index (χ0v) is 16.4. The van der Waals surface area contributed by atoms with Crippen molar-refractivity contribution in [1.82, 2.24) is 4.98 Å². The molecule has 4 rings (SSSR count). The number of hydrogen-bond donors (Lipinski definition) is 1. The molecule has 3 heterocycles. The summed E-state index contributed by atoms with van der Waals surface area (Å²) in [5, 5.41) is 2.73. The number of anilines is 1. The van der Waals surface area contributed by atoms with Gasteiger partial charge in [0.15, 0.2) is 5.13 Å². The van der Waals surface area contributed by atoms with E-state index in [9.17, 15) is 4.79 Å². The zero-order valence-electron chi connectivity index (χ0n) is 14.7. The molecule has 1 aliphatic heterocycles. The summed E-state index contributed by atoms with van der Waals surface area (Å²) >= 11 is 3.08. The number of nitrogens with zero attached hydrogens (tertiary/aromatic N) is 2. The fourth-order valence-electron chi connectivity index (χ4n) is 3.13. The summed E-state index contributed by atoms with van der Waals surface area (Å²) in [4.78, 5) is 21.9. The first-order chi connectivity index (χ1) is 12.7. The average Bonchev–Trinajstić information content (AvgIpc) is 3.32. The summed E-state index contributed by atoms with van der Waals surface area (Å²) in [6.07, 6.45) is 0. The maximum Gasteiger partial charge on any atom is 0.270 e. The number of fused-ring (bicyclic) bond motifs is 1. The van der Waals surface area contributed by atoms with Crippen molar-refractivity contribution in [1.29, 1.82) is 0 Å². The number of morpholine rings is 1. The van der Waals surface area contributed by atoms with E-state index in [2.05, 4.69) is 19.1 Å². The molecule has 2 aromatic heterocycles. The van der Waals surface area contributed by atoms with Crippen molar-refractivity contribution in [2.45, 2.75) is 6.92 Å². The van der Waals surface area contributed by atoms with Crippen LogP contribution >= 0.6 is 22.7 Å². The van der Waals surface area contributed by atoms with E-state index in [0.29, 0.717) is 6.54 Å². The summed E-state index contributed by atoms with van der Waals surface area (Å²) in [5.74, 6) is 0.0448. The number of nitrogens with one attached hydrogen (secondary N) is 1. The van der Waals surface area contributed by atoms with Crippen LogP contribution < -0.4 is 9.80 Å². The number of benzene rings is 1. The second-order valence-electron chi connectivity index (χ2n) is 6.51. The molecule has 0 aliphatic carbocycles. The third-order valence-corrected chi connectivity index (χ3v) is 6.53. The van der Waals surface area contributed by atoms with Crippen LogP contribution in [0.5, 0.6) is 0 Å². The van der Waals surface area contributed by atoms with Crippen molar-refractivity contribution >= 4 is 43.9 Å². The van der Waals surface area contributed by atoms with Crippen molar-refractivity contribution in [3.8, 4) is 0 Å². The van der Waals surface area contributed by atoms with Crippen LogP contribution in [0.4, 0.5) is 5.13 Å². The van der Waals surface area contributed by atoms with E-state index in [0.717, 1.165) is 53.1 Å². The average molecular weight is 389 g/mol. The minimum absolute atomic E-state index is 0.0448. The highest BCUT2D eigenvalue weighted by Gasteiger charge is 2.24. The van der Waals surface area contributed by atoms with Gasteiger partial charge in [-0.25, -0.2) is 4.98 Å². The molecule has 7 heteroatoms. The minimum Gasteiger partial charge on any atom is -0.370 e. The Morgan fingerprint density at radius 1 is 1.31 bits per heavy atom. The predicted molar refractivity (Wildman–Crippen MR) is 107 cm³/mol. The van der Waals surface area contributed by atoms with Gasteiger partial charge < -0.3 is 9.64 Å². The van der Waals surface area contributed by atoms with Gasteiger partial charge in [-0.3, -0.25) is 9.69 Å². The third kappa shape index (κ3) is 3.81. The molecule has 0 bridgehead atoms. The van der Waals surface area contributed by atoms with E-state index in [1.807, 2.05) is 28.5 Å². The lowest BCUT2D eigenvalue weighted by Gasteiger charge is -2.26. The highest BCUT2D eigenvalue weighted by molar-refractivity contribution is 7.22. The van der Waals surface area contributed by atoms with E-state index in [1.54, 1.807) is 11.3 Å². The zero-order chi connectivity index (χ0) is 17.9. The summed E-state index contributed by atoms with van der Waals surface area (Å²) in [7, 11) is 0. The lowest BCUT2D eigenvalue weighted by atomic mass is 10.2. The smallest absolute Gasteiger partial charge is 0.270 e. The fourth-order valence-corrected chi connectivity index (χ4v) is 4.89. The van der Waals surface area contributed by atoms with Crippen LogP contribution in [0.25, 0.3) is 10.2 Å². The van der Waals surface area contributed by atoms with Crippen LogP contribution in [0.2, 0.25) is 0 Å². The van der Waals surface area contributed by atoms with E-state index < -0.39 is 0 Å². The van der Waals surface area contributed by atoms with Crippen molar-refractivity contribution in [3.63, 3.8) is 0 Å². The number of carbonyl (C=O) groups excluding carboxylic acids is 1. The van der Waals surface area contributed by atoms with Gasteiger partial charge in [0.25, 0.3) is 5.91 Å². The van der Waals surface area contributed by atoms with Gasteiger partial charge in [0.2, 0.25) is 0 Å². The number of aromatic nitrogens is 1. The highest BCUT2D eigenvalue weighted by atomic mass is 32.1. The number of rotatable bonds is 5. The van der Waals surface area contributed by atoms with E-state index >= 15 is 0 Å². The van der Waals surface area contributed by atoms with Crippen molar-refractivity contribution in [2.75, 3.05) is 44.3 Å². The summed E-state index contributed by atoms with van der Waals surface area (Å²) in [5.41, 5.74) is 2.17. The summed E-state index contributed by atoms with van der Waals surface area (Å²) in [6.45, 7) is 7.26. The number of amides is 1. The highest BCUT2D eigenvalue weighted by Crippen LogP contribution is 2.30. The summed E-state index contributed by atoms with van der Waals surface area (Å²) < 4.78 is 6.57.